The molecular formula is C11H11N3O2. The molecule has 16 heavy (non-hydrogen) atoms. The molecule has 2 heterocycles. The van der Waals surface area contributed by atoms with E-state index >= 15 is 0 Å². The Morgan fingerprint density at radius 1 is 1.50 bits per heavy atom. The van der Waals surface area contributed by atoms with E-state index < -0.39 is 0 Å². The average molecular weight is 217 g/mol. The minimum atomic E-state index is -0.0103. The lowest BCUT2D eigenvalue weighted by atomic mass is 10.2. The van der Waals surface area contributed by atoms with Gasteiger partial charge in [-0.2, -0.15) is 0 Å². The fourth-order valence-electron chi connectivity index (χ4n) is 1.95. The highest BCUT2D eigenvalue weighted by molar-refractivity contribution is 5.80. The van der Waals surface area contributed by atoms with E-state index in [0.29, 0.717) is 29.1 Å². The van der Waals surface area contributed by atoms with E-state index in [9.17, 15) is 4.79 Å². The first-order valence-electron chi connectivity index (χ1n) is 5.12. The van der Waals surface area contributed by atoms with E-state index in [1.54, 1.807) is 29.9 Å². The summed E-state index contributed by atoms with van der Waals surface area (Å²) in [6.07, 6.45) is 0. The van der Waals surface area contributed by atoms with Gasteiger partial charge in [-0.05, 0) is 18.2 Å². The molecule has 0 atom stereocenters. The molecule has 0 fully saturated rings. The van der Waals surface area contributed by atoms with Crippen molar-refractivity contribution in [2.24, 2.45) is 0 Å². The molecule has 1 aliphatic rings. The molecule has 0 unspecified atom stereocenters. The number of nitrogens with one attached hydrogen (secondary N) is 1. The van der Waals surface area contributed by atoms with Gasteiger partial charge in [-0.15, -0.1) is 0 Å². The van der Waals surface area contributed by atoms with Gasteiger partial charge in [0.2, 0.25) is 5.95 Å². The third-order valence-electron chi connectivity index (χ3n) is 2.78. The van der Waals surface area contributed by atoms with Gasteiger partial charge in [0.1, 0.15) is 5.75 Å². The Balaban J connectivity index is 2.38. The van der Waals surface area contributed by atoms with Crippen LogP contribution in [0.1, 0.15) is 0 Å². The average Bonchev–Trinajstić information content (AvgIpc) is 2.77. The molecule has 5 heteroatoms. The lowest BCUT2D eigenvalue weighted by molar-refractivity contribution is 0.415. The summed E-state index contributed by atoms with van der Waals surface area (Å²) < 4.78 is 6.76. The topological polar surface area (TPSA) is 56.2 Å². The molecule has 2 aromatic rings. The van der Waals surface area contributed by atoms with Crippen molar-refractivity contribution in [1.82, 2.24) is 9.55 Å². The Hall–Kier alpha value is -2.04. The van der Waals surface area contributed by atoms with Gasteiger partial charge in [-0.25, -0.2) is 4.98 Å². The van der Waals surface area contributed by atoms with Gasteiger partial charge in [0.05, 0.1) is 18.0 Å². The Kier molecular flexibility index (Phi) is 1.86. The van der Waals surface area contributed by atoms with Gasteiger partial charge in [-0.1, -0.05) is 0 Å². The van der Waals surface area contributed by atoms with E-state index in [4.69, 9.17) is 4.74 Å². The molecule has 0 saturated carbocycles. The highest BCUT2D eigenvalue weighted by Crippen LogP contribution is 2.19. The van der Waals surface area contributed by atoms with Gasteiger partial charge >= 0.3 is 0 Å². The van der Waals surface area contributed by atoms with Crippen LogP contribution in [0, 0.1) is 0 Å². The molecule has 0 spiro atoms. The van der Waals surface area contributed by atoms with Crippen LogP contribution in [0.25, 0.3) is 10.9 Å². The van der Waals surface area contributed by atoms with Crippen molar-refractivity contribution in [2.45, 2.75) is 6.54 Å². The third-order valence-corrected chi connectivity index (χ3v) is 2.78. The Labute approximate surface area is 91.7 Å². The molecule has 0 saturated heterocycles. The lowest BCUT2D eigenvalue weighted by Crippen LogP contribution is -2.19. The smallest absolute Gasteiger partial charge is 0.262 e. The zero-order chi connectivity index (χ0) is 11.1. The first-order chi connectivity index (χ1) is 7.79. The quantitative estimate of drug-likeness (QED) is 0.768. The number of hydrogen-bond donors (Lipinski definition) is 1. The molecule has 1 aromatic heterocycles. The maximum absolute atomic E-state index is 12.1. The highest BCUT2D eigenvalue weighted by atomic mass is 16.5. The maximum atomic E-state index is 12.1. The molecule has 0 radical (unpaired) electrons. The molecular weight excluding hydrogens is 206 g/mol. The Morgan fingerprint density at radius 3 is 3.19 bits per heavy atom. The van der Waals surface area contributed by atoms with E-state index in [0.717, 1.165) is 6.54 Å². The number of methoxy groups -OCH3 is 1. The number of anilines is 1. The molecule has 0 amide bonds. The van der Waals surface area contributed by atoms with Crippen molar-refractivity contribution in [3.63, 3.8) is 0 Å². The SMILES string of the molecule is COc1ccc2nc3n(c(=O)c2c1)CCN3. The Morgan fingerprint density at radius 2 is 2.38 bits per heavy atom. The van der Waals surface area contributed by atoms with Gasteiger partial charge in [0.15, 0.2) is 0 Å². The van der Waals surface area contributed by atoms with Crippen LogP contribution in [-0.4, -0.2) is 23.2 Å². The van der Waals surface area contributed by atoms with E-state index in [1.807, 2.05) is 0 Å². The van der Waals surface area contributed by atoms with Crippen LogP contribution in [0.15, 0.2) is 23.0 Å². The van der Waals surface area contributed by atoms with E-state index in [2.05, 4.69) is 10.3 Å². The number of rotatable bonds is 1. The van der Waals surface area contributed by atoms with Crippen LogP contribution in [0.5, 0.6) is 5.75 Å². The molecule has 1 aromatic carbocycles. The summed E-state index contributed by atoms with van der Waals surface area (Å²) in [7, 11) is 1.58. The second kappa shape index (κ2) is 3.23. The van der Waals surface area contributed by atoms with Gasteiger partial charge in [0.25, 0.3) is 5.56 Å². The molecule has 1 N–H and O–H groups in total. The van der Waals surface area contributed by atoms with Crippen molar-refractivity contribution in [2.75, 3.05) is 19.0 Å². The molecule has 5 nitrogen and oxygen atoms in total. The number of benzene rings is 1. The van der Waals surface area contributed by atoms with Crippen molar-refractivity contribution in [3.8, 4) is 5.75 Å². The number of aromatic nitrogens is 2. The summed E-state index contributed by atoms with van der Waals surface area (Å²) in [6.45, 7) is 1.43. The van der Waals surface area contributed by atoms with Crippen LogP contribution < -0.4 is 15.6 Å². The maximum Gasteiger partial charge on any atom is 0.262 e. The normalized spacial score (nSPS) is 13.6. The predicted molar refractivity (Wildman–Crippen MR) is 61.0 cm³/mol. The van der Waals surface area contributed by atoms with E-state index in [1.165, 1.54) is 0 Å². The highest BCUT2D eigenvalue weighted by Gasteiger charge is 2.15. The molecule has 3 rings (SSSR count). The monoisotopic (exact) mass is 217 g/mol. The number of hydrogen-bond acceptors (Lipinski definition) is 4. The minimum absolute atomic E-state index is 0.0103. The molecule has 0 aliphatic carbocycles. The van der Waals surface area contributed by atoms with Crippen LogP contribution in [0.4, 0.5) is 5.95 Å². The lowest BCUT2D eigenvalue weighted by Gasteiger charge is -2.05. The van der Waals surface area contributed by atoms with Gasteiger partial charge in [-0.3, -0.25) is 9.36 Å². The second-order valence-electron chi connectivity index (χ2n) is 3.70. The van der Waals surface area contributed by atoms with Gasteiger partial charge < -0.3 is 10.1 Å². The second-order valence-corrected chi connectivity index (χ2v) is 3.70. The molecule has 1 aliphatic heterocycles. The largest absolute Gasteiger partial charge is 0.497 e. The van der Waals surface area contributed by atoms with Crippen molar-refractivity contribution in [1.29, 1.82) is 0 Å². The van der Waals surface area contributed by atoms with Crippen LogP contribution >= 0.6 is 0 Å². The first-order valence-corrected chi connectivity index (χ1v) is 5.12. The van der Waals surface area contributed by atoms with E-state index in [-0.39, 0.29) is 5.56 Å². The number of fused-ring (bicyclic) bond motifs is 2. The summed E-state index contributed by atoms with van der Waals surface area (Å²) in [4.78, 5) is 16.5. The summed E-state index contributed by atoms with van der Waals surface area (Å²) in [5, 5.41) is 3.69. The molecule has 82 valence electrons. The summed E-state index contributed by atoms with van der Waals surface area (Å²) in [5.41, 5.74) is 0.690. The van der Waals surface area contributed by atoms with Crippen molar-refractivity contribution < 1.29 is 4.74 Å². The van der Waals surface area contributed by atoms with Crippen molar-refractivity contribution in [3.05, 3.63) is 28.6 Å². The zero-order valence-corrected chi connectivity index (χ0v) is 8.86. The fraction of sp³-hybridized carbons (Fsp3) is 0.273. The first kappa shape index (κ1) is 9.21. The summed E-state index contributed by atoms with van der Waals surface area (Å²) in [6, 6.07) is 5.34. The summed E-state index contributed by atoms with van der Waals surface area (Å²) >= 11 is 0. The van der Waals surface area contributed by atoms with Crippen LogP contribution in [-0.2, 0) is 6.54 Å². The third kappa shape index (κ3) is 1.18. The number of nitrogens with zero attached hydrogens (tertiary/aromatic N) is 2. The number of ether oxygens (including phenoxy) is 1. The standard InChI is InChI=1S/C11H11N3O2/c1-16-7-2-3-9-8(6-7)10(15)14-5-4-12-11(14)13-9/h2-3,6H,4-5H2,1H3,(H,12,13). The zero-order valence-electron chi connectivity index (χ0n) is 8.86. The predicted octanol–water partition coefficient (Wildman–Crippen LogP) is 0.831. The summed E-state index contributed by atoms with van der Waals surface area (Å²) in [5.74, 6) is 1.33. The minimum Gasteiger partial charge on any atom is -0.497 e. The van der Waals surface area contributed by atoms with Crippen LogP contribution in [0.3, 0.4) is 0 Å². The van der Waals surface area contributed by atoms with Crippen molar-refractivity contribution >= 4 is 16.9 Å². The Bertz CT molecular complexity index is 618. The van der Waals surface area contributed by atoms with Crippen LogP contribution in [0.2, 0.25) is 0 Å². The molecule has 0 bridgehead atoms. The fourth-order valence-corrected chi connectivity index (χ4v) is 1.95. The van der Waals surface area contributed by atoms with Gasteiger partial charge in [0, 0.05) is 13.1 Å².